The minimum Gasteiger partial charge on any atom is -0.478 e. The first-order chi connectivity index (χ1) is 12.0. The zero-order valence-electron chi connectivity index (χ0n) is 14.8. The van der Waals surface area contributed by atoms with Gasteiger partial charge in [0.25, 0.3) is 0 Å². The maximum absolute atomic E-state index is 14.4. The third kappa shape index (κ3) is 3.32. The summed E-state index contributed by atoms with van der Waals surface area (Å²) < 4.78 is 14.4. The Kier molecular flexibility index (Phi) is 4.54. The fourth-order valence-electron chi connectivity index (χ4n) is 5.17. The fraction of sp³-hybridized carbons (Fsp3) is 0.650. The predicted octanol–water partition coefficient (Wildman–Crippen LogP) is 3.19. The normalized spacial score (nSPS) is 31.8. The second-order valence-corrected chi connectivity index (χ2v) is 8.07. The van der Waals surface area contributed by atoms with Crippen molar-refractivity contribution in [3.05, 3.63) is 34.6 Å². The van der Waals surface area contributed by atoms with Crippen molar-refractivity contribution >= 4 is 5.97 Å². The zero-order chi connectivity index (χ0) is 17.6. The smallest absolute Gasteiger partial charge is 0.335 e. The molecule has 3 atom stereocenters. The highest BCUT2D eigenvalue weighted by Crippen LogP contribution is 2.34. The third-order valence-corrected chi connectivity index (χ3v) is 6.40. The van der Waals surface area contributed by atoms with Crippen LogP contribution in [0.15, 0.2) is 12.1 Å². The number of piperidine rings is 1. The Morgan fingerprint density at radius 1 is 1.32 bits per heavy atom. The number of fused-ring (bicyclic) bond motifs is 3. The molecule has 0 saturated carbocycles. The van der Waals surface area contributed by atoms with Gasteiger partial charge in [-0.15, -0.1) is 0 Å². The summed E-state index contributed by atoms with van der Waals surface area (Å²) in [7, 11) is 0. The van der Waals surface area contributed by atoms with Crippen LogP contribution in [0.3, 0.4) is 0 Å². The number of nitrogens with zero attached hydrogens (tertiary/aromatic N) is 1. The second kappa shape index (κ2) is 6.69. The Morgan fingerprint density at radius 3 is 2.68 bits per heavy atom. The Balaban J connectivity index is 1.54. The molecule has 136 valence electrons. The molecule has 4 nitrogen and oxygen atoms in total. The number of carboxylic acid groups (broad SMARTS) is 1. The van der Waals surface area contributed by atoms with E-state index in [0.29, 0.717) is 37.0 Å². The lowest BCUT2D eigenvalue weighted by Gasteiger charge is -2.40. The largest absolute Gasteiger partial charge is 0.478 e. The van der Waals surface area contributed by atoms with Crippen LogP contribution in [-0.4, -0.2) is 40.6 Å². The van der Waals surface area contributed by atoms with E-state index in [0.717, 1.165) is 24.1 Å². The lowest BCUT2D eigenvalue weighted by molar-refractivity contribution is 0.0695. The molecule has 3 aliphatic heterocycles. The van der Waals surface area contributed by atoms with E-state index in [1.807, 2.05) is 0 Å². The highest BCUT2D eigenvalue weighted by atomic mass is 19.1. The monoisotopic (exact) mass is 346 g/mol. The molecule has 0 aliphatic carbocycles. The lowest BCUT2D eigenvalue weighted by atomic mass is 9.87. The summed E-state index contributed by atoms with van der Waals surface area (Å²) in [6.07, 6.45) is 6.76. The van der Waals surface area contributed by atoms with Crippen molar-refractivity contribution in [3.8, 4) is 0 Å². The third-order valence-electron chi connectivity index (χ3n) is 6.40. The number of nitrogens with one attached hydrogen (secondary N) is 1. The van der Waals surface area contributed by atoms with Crippen LogP contribution < -0.4 is 5.32 Å². The Morgan fingerprint density at radius 2 is 2.04 bits per heavy atom. The van der Waals surface area contributed by atoms with Gasteiger partial charge in [0.15, 0.2) is 0 Å². The van der Waals surface area contributed by atoms with Gasteiger partial charge in [-0.1, -0.05) is 6.92 Å². The standard InChI is InChI=1S/C20H27FN2O2/c1-2-17-9-18-14(7-13(20(24)25)8-19(18)21)11-23(17)10-12-5-15-3-4-16(6-12)22-15/h7-8,12,15-17,22H,2-6,9-11H2,1H3,(H,24,25)/t12?,15?,16?,17-/m0/s1. The Labute approximate surface area is 148 Å². The molecular formula is C20H27FN2O2. The summed E-state index contributed by atoms with van der Waals surface area (Å²) in [6, 6.07) is 4.55. The molecule has 2 N–H and O–H groups in total. The van der Waals surface area contributed by atoms with Crippen molar-refractivity contribution in [2.24, 2.45) is 5.92 Å². The second-order valence-electron chi connectivity index (χ2n) is 8.07. The predicted molar refractivity (Wildman–Crippen MR) is 94.2 cm³/mol. The first-order valence-corrected chi connectivity index (χ1v) is 9.58. The van der Waals surface area contributed by atoms with E-state index in [1.165, 1.54) is 31.7 Å². The molecule has 2 unspecified atom stereocenters. The quantitative estimate of drug-likeness (QED) is 0.879. The fourth-order valence-corrected chi connectivity index (χ4v) is 5.17. The highest BCUT2D eigenvalue weighted by Gasteiger charge is 2.36. The summed E-state index contributed by atoms with van der Waals surface area (Å²) in [4.78, 5) is 13.7. The number of hydrogen-bond donors (Lipinski definition) is 2. The molecule has 0 aromatic heterocycles. The van der Waals surface area contributed by atoms with E-state index < -0.39 is 5.97 Å². The molecule has 3 heterocycles. The summed E-state index contributed by atoms with van der Waals surface area (Å²) >= 11 is 0. The van der Waals surface area contributed by atoms with Gasteiger partial charge in [0, 0.05) is 31.2 Å². The maximum atomic E-state index is 14.4. The summed E-state index contributed by atoms with van der Waals surface area (Å²) in [5.74, 6) is -0.712. The molecule has 2 saturated heterocycles. The van der Waals surface area contributed by atoms with Crippen LogP contribution in [0, 0.1) is 11.7 Å². The van der Waals surface area contributed by atoms with E-state index in [2.05, 4.69) is 17.1 Å². The number of benzene rings is 1. The zero-order valence-corrected chi connectivity index (χ0v) is 14.8. The van der Waals surface area contributed by atoms with Crippen LogP contribution >= 0.6 is 0 Å². The van der Waals surface area contributed by atoms with Gasteiger partial charge < -0.3 is 10.4 Å². The van der Waals surface area contributed by atoms with E-state index in [1.54, 1.807) is 6.07 Å². The van der Waals surface area contributed by atoms with Gasteiger partial charge in [0.05, 0.1) is 5.56 Å². The van der Waals surface area contributed by atoms with Crippen molar-refractivity contribution in [2.75, 3.05) is 6.54 Å². The molecule has 0 radical (unpaired) electrons. The topological polar surface area (TPSA) is 52.6 Å². The van der Waals surface area contributed by atoms with Gasteiger partial charge in [-0.25, -0.2) is 9.18 Å². The molecule has 2 bridgehead atoms. The molecular weight excluding hydrogens is 319 g/mol. The summed E-state index contributed by atoms with van der Waals surface area (Å²) in [6.45, 7) is 3.88. The van der Waals surface area contributed by atoms with Crippen molar-refractivity contribution in [3.63, 3.8) is 0 Å². The molecule has 2 fully saturated rings. The maximum Gasteiger partial charge on any atom is 0.335 e. The van der Waals surface area contributed by atoms with E-state index in [-0.39, 0.29) is 11.4 Å². The number of carbonyl (C=O) groups is 1. The molecule has 1 aromatic rings. The molecule has 25 heavy (non-hydrogen) atoms. The van der Waals surface area contributed by atoms with Crippen molar-refractivity contribution in [2.45, 2.75) is 70.1 Å². The number of aromatic carboxylic acids is 1. The van der Waals surface area contributed by atoms with E-state index in [9.17, 15) is 14.3 Å². The lowest BCUT2D eigenvalue weighted by Crippen LogP contribution is -2.47. The van der Waals surface area contributed by atoms with Crippen LogP contribution in [0.5, 0.6) is 0 Å². The van der Waals surface area contributed by atoms with E-state index in [4.69, 9.17) is 0 Å². The minimum absolute atomic E-state index is 0.0612. The number of rotatable bonds is 4. The number of hydrogen-bond acceptors (Lipinski definition) is 3. The average Bonchev–Trinajstić information content (AvgIpc) is 2.92. The molecule has 0 spiro atoms. The highest BCUT2D eigenvalue weighted by molar-refractivity contribution is 5.88. The summed E-state index contributed by atoms with van der Waals surface area (Å²) in [5, 5.41) is 12.9. The van der Waals surface area contributed by atoms with Crippen molar-refractivity contribution < 1.29 is 14.3 Å². The Hall–Kier alpha value is -1.46. The van der Waals surface area contributed by atoms with Crippen molar-refractivity contribution in [1.82, 2.24) is 10.2 Å². The van der Waals surface area contributed by atoms with Crippen molar-refractivity contribution in [1.29, 1.82) is 0 Å². The van der Waals surface area contributed by atoms with Gasteiger partial charge in [-0.3, -0.25) is 4.90 Å². The van der Waals surface area contributed by atoms with Crippen LogP contribution in [0.4, 0.5) is 4.39 Å². The molecule has 0 amide bonds. The average molecular weight is 346 g/mol. The van der Waals surface area contributed by atoms with E-state index >= 15 is 0 Å². The van der Waals surface area contributed by atoms with Gasteiger partial charge in [-0.05, 0) is 67.7 Å². The minimum atomic E-state index is -1.05. The van der Waals surface area contributed by atoms with Crippen LogP contribution in [0.25, 0.3) is 0 Å². The first kappa shape index (κ1) is 17.0. The first-order valence-electron chi connectivity index (χ1n) is 9.58. The Bertz CT molecular complexity index is 666. The van der Waals surface area contributed by atoms with Crippen LogP contribution in [0.2, 0.25) is 0 Å². The summed E-state index contributed by atoms with van der Waals surface area (Å²) in [5.41, 5.74) is 1.64. The number of carboxylic acids is 1. The molecule has 4 rings (SSSR count). The van der Waals surface area contributed by atoms with Gasteiger partial charge >= 0.3 is 5.97 Å². The van der Waals surface area contributed by atoms with Gasteiger partial charge in [-0.2, -0.15) is 0 Å². The molecule has 5 heteroatoms. The van der Waals surface area contributed by atoms with Gasteiger partial charge in [0.1, 0.15) is 5.82 Å². The SMILES string of the molecule is CC[C@H]1Cc2c(F)cc(C(=O)O)cc2CN1CC1CC2CCC(C1)N2. The molecule has 1 aromatic carbocycles. The number of halogens is 1. The van der Waals surface area contributed by atoms with Crippen LogP contribution in [0.1, 0.15) is 60.5 Å². The molecule has 3 aliphatic rings. The van der Waals surface area contributed by atoms with Crippen LogP contribution in [-0.2, 0) is 13.0 Å². The van der Waals surface area contributed by atoms with Gasteiger partial charge in [0.2, 0.25) is 0 Å².